The van der Waals surface area contributed by atoms with Gasteiger partial charge in [0, 0.05) is 18.3 Å². The molecule has 0 aliphatic carbocycles. The molecule has 8 nitrogen and oxygen atoms in total. The van der Waals surface area contributed by atoms with E-state index in [1.54, 1.807) is 0 Å². The van der Waals surface area contributed by atoms with Gasteiger partial charge in [0.25, 0.3) is 10.0 Å². The molecule has 0 radical (unpaired) electrons. The summed E-state index contributed by atoms with van der Waals surface area (Å²) in [6, 6.07) is 4.04. The normalized spacial score (nSPS) is 11.5. The maximum atomic E-state index is 12.4. The van der Waals surface area contributed by atoms with Crippen molar-refractivity contribution in [3.8, 4) is 5.75 Å². The molecule has 124 valence electrons. The molecular weight excluding hydrogens is 322 g/mol. The Balaban J connectivity index is 2.41. The Morgan fingerprint density at radius 1 is 1.39 bits per heavy atom. The van der Waals surface area contributed by atoms with Crippen molar-refractivity contribution in [2.75, 3.05) is 11.8 Å². The van der Waals surface area contributed by atoms with E-state index in [1.165, 1.54) is 42.4 Å². The molecule has 1 aromatic heterocycles. The number of aromatic carboxylic acids is 1. The lowest BCUT2D eigenvalue weighted by molar-refractivity contribution is 0.0698. The number of nitrogens with zero attached hydrogens (tertiary/aromatic N) is 2. The molecule has 2 N–H and O–H groups in total. The van der Waals surface area contributed by atoms with Crippen molar-refractivity contribution in [3.05, 3.63) is 36.2 Å². The predicted octanol–water partition coefficient (Wildman–Crippen LogP) is 1.97. The topological polar surface area (TPSA) is 111 Å². The molecule has 0 unspecified atom stereocenters. The Hall–Kier alpha value is -2.55. The number of methoxy groups -OCH3 is 1. The summed E-state index contributed by atoms with van der Waals surface area (Å²) in [6.07, 6.45) is 2.59. The summed E-state index contributed by atoms with van der Waals surface area (Å²) in [6.45, 7) is 3.73. The maximum absolute atomic E-state index is 12.4. The lowest BCUT2D eigenvalue weighted by Crippen LogP contribution is -2.15. The lowest BCUT2D eigenvalue weighted by atomic mass is 10.2. The summed E-state index contributed by atoms with van der Waals surface area (Å²) in [5, 5.41) is 13.2. The molecule has 0 saturated carbocycles. The highest BCUT2D eigenvalue weighted by Gasteiger charge is 2.21. The first-order chi connectivity index (χ1) is 10.7. The summed E-state index contributed by atoms with van der Waals surface area (Å²) < 4.78 is 33.6. The minimum Gasteiger partial charge on any atom is -0.497 e. The number of carboxylic acids is 1. The van der Waals surface area contributed by atoms with Crippen molar-refractivity contribution in [2.45, 2.75) is 24.8 Å². The molecule has 0 amide bonds. The second-order valence-corrected chi connectivity index (χ2v) is 6.75. The van der Waals surface area contributed by atoms with Gasteiger partial charge in [-0.15, -0.1) is 0 Å². The molecule has 0 spiro atoms. The highest BCUT2D eigenvalue weighted by atomic mass is 32.2. The first kappa shape index (κ1) is 16.8. The molecule has 0 atom stereocenters. The number of hydrogen-bond acceptors (Lipinski definition) is 5. The van der Waals surface area contributed by atoms with Gasteiger partial charge in [0.05, 0.1) is 24.6 Å². The highest BCUT2D eigenvalue weighted by Crippen LogP contribution is 2.25. The van der Waals surface area contributed by atoms with E-state index >= 15 is 0 Å². The van der Waals surface area contributed by atoms with E-state index in [4.69, 9.17) is 4.74 Å². The quantitative estimate of drug-likeness (QED) is 0.832. The van der Waals surface area contributed by atoms with Crippen LogP contribution in [-0.2, 0) is 10.0 Å². The van der Waals surface area contributed by atoms with Gasteiger partial charge in [-0.25, -0.2) is 13.2 Å². The van der Waals surface area contributed by atoms with E-state index in [0.717, 1.165) is 0 Å². The van der Waals surface area contributed by atoms with Gasteiger partial charge in [-0.1, -0.05) is 0 Å². The maximum Gasteiger partial charge on any atom is 0.337 e. The van der Waals surface area contributed by atoms with Crippen molar-refractivity contribution in [1.29, 1.82) is 0 Å². The van der Waals surface area contributed by atoms with Gasteiger partial charge in [-0.05, 0) is 26.0 Å². The number of rotatable bonds is 6. The van der Waals surface area contributed by atoms with Crippen LogP contribution < -0.4 is 9.46 Å². The monoisotopic (exact) mass is 339 g/mol. The molecule has 1 heterocycles. The van der Waals surface area contributed by atoms with Gasteiger partial charge < -0.3 is 9.84 Å². The van der Waals surface area contributed by atoms with E-state index < -0.39 is 16.0 Å². The van der Waals surface area contributed by atoms with Crippen molar-refractivity contribution in [2.24, 2.45) is 0 Å². The van der Waals surface area contributed by atoms with E-state index in [2.05, 4.69) is 9.82 Å². The van der Waals surface area contributed by atoms with Gasteiger partial charge in [-0.2, -0.15) is 5.10 Å². The number of anilines is 1. The molecular formula is C14H17N3O5S. The minimum atomic E-state index is -3.96. The van der Waals surface area contributed by atoms with Crippen molar-refractivity contribution < 1.29 is 23.1 Å². The molecule has 0 fully saturated rings. The van der Waals surface area contributed by atoms with Crippen LogP contribution in [-0.4, -0.2) is 36.4 Å². The van der Waals surface area contributed by atoms with E-state index in [0.29, 0.717) is 5.75 Å². The highest BCUT2D eigenvalue weighted by molar-refractivity contribution is 7.92. The van der Waals surface area contributed by atoms with Crippen molar-refractivity contribution in [1.82, 2.24) is 9.78 Å². The fraction of sp³-hybridized carbons (Fsp3) is 0.286. The molecule has 9 heteroatoms. The Bertz CT molecular complexity index is 827. The van der Waals surface area contributed by atoms with Crippen LogP contribution in [0, 0.1) is 0 Å². The number of aromatic nitrogens is 2. The van der Waals surface area contributed by atoms with Crippen LogP contribution in [0.4, 0.5) is 5.69 Å². The summed E-state index contributed by atoms with van der Waals surface area (Å²) >= 11 is 0. The molecule has 2 rings (SSSR count). The Morgan fingerprint density at radius 2 is 2.09 bits per heavy atom. The molecule has 1 aromatic carbocycles. The average Bonchev–Trinajstić information content (AvgIpc) is 2.97. The van der Waals surface area contributed by atoms with Crippen LogP contribution in [0.15, 0.2) is 35.5 Å². The number of ether oxygens (including phenoxy) is 1. The Kier molecular flexibility index (Phi) is 4.60. The van der Waals surface area contributed by atoms with Crippen LogP contribution in [0.5, 0.6) is 5.75 Å². The van der Waals surface area contributed by atoms with E-state index in [-0.39, 0.29) is 22.2 Å². The first-order valence-corrected chi connectivity index (χ1v) is 8.21. The molecule has 0 aliphatic heterocycles. The average molecular weight is 339 g/mol. The summed E-state index contributed by atoms with van der Waals surface area (Å²) in [7, 11) is -2.56. The van der Waals surface area contributed by atoms with Crippen LogP contribution >= 0.6 is 0 Å². The molecule has 2 aromatic rings. The smallest absolute Gasteiger partial charge is 0.337 e. The second kappa shape index (κ2) is 6.29. The van der Waals surface area contributed by atoms with Gasteiger partial charge >= 0.3 is 5.97 Å². The van der Waals surface area contributed by atoms with Gasteiger partial charge in [0.1, 0.15) is 10.6 Å². The predicted molar refractivity (Wildman–Crippen MR) is 83.4 cm³/mol. The molecule has 0 aliphatic rings. The van der Waals surface area contributed by atoms with Crippen LogP contribution in [0.2, 0.25) is 0 Å². The van der Waals surface area contributed by atoms with Crippen LogP contribution in [0.1, 0.15) is 30.2 Å². The second-order valence-electron chi connectivity index (χ2n) is 5.07. The Labute approximate surface area is 133 Å². The molecule has 0 saturated heterocycles. The van der Waals surface area contributed by atoms with Crippen molar-refractivity contribution in [3.63, 3.8) is 0 Å². The van der Waals surface area contributed by atoms with Crippen LogP contribution in [0.3, 0.4) is 0 Å². The van der Waals surface area contributed by atoms with Gasteiger partial charge in [-0.3, -0.25) is 9.40 Å². The first-order valence-electron chi connectivity index (χ1n) is 6.73. The number of benzene rings is 1. The number of hydrogen-bond donors (Lipinski definition) is 2. The summed E-state index contributed by atoms with van der Waals surface area (Å²) in [5.74, 6) is -0.909. The Morgan fingerprint density at radius 3 is 2.61 bits per heavy atom. The lowest BCUT2D eigenvalue weighted by Gasteiger charge is -2.11. The number of sulfonamides is 1. The fourth-order valence-electron chi connectivity index (χ4n) is 1.87. The summed E-state index contributed by atoms with van der Waals surface area (Å²) in [4.78, 5) is 11.2. The zero-order chi connectivity index (χ0) is 17.2. The van der Waals surface area contributed by atoms with Gasteiger partial charge in [0.15, 0.2) is 0 Å². The molecule has 0 bridgehead atoms. The van der Waals surface area contributed by atoms with Gasteiger partial charge in [0.2, 0.25) is 0 Å². The van der Waals surface area contributed by atoms with Crippen LogP contribution in [0.25, 0.3) is 0 Å². The summed E-state index contributed by atoms with van der Waals surface area (Å²) in [5.41, 5.74) is -0.250. The number of nitrogens with one attached hydrogen (secondary N) is 1. The third kappa shape index (κ3) is 3.62. The zero-order valence-electron chi connectivity index (χ0n) is 12.8. The standard InChI is InChI=1S/C14H17N3O5S/c1-9(2)17-8-11(7-15-17)23(20,21)16-13-6-10(22-3)4-5-12(13)14(18)19/h4-9,16H,1-3H3,(H,18,19). The van der Waals surface area contributed by atoms with Crippen molar-refractivity contribution >= 4 is 21.7 Å². The third-order valence-electron chi connectivity index (χ3n) is 3.12. The van der Waals surface area contributed by atoms with E-state index in [1.807, 2.05) is 13.8 Å². The largest absolute Gasteiger partial charge is 0.497 e. The third-order valence-corrected chi connectivity index (χ3v) is 4.44. The fourth-order valence-corrected chi connectivity index (χ4v) is 2.88. The SMILES string of the molecule is COc1ccc(C(=O)O)c(NS(=O)(=O)c2cnn(C(C)C)c2)c1. The molecule has 23 heavy (non-hydrogen) atoms. The minimum absolute atomic E-state index is 0.00495. The zero-order valence-corrected chi connectivity index (χ0v) is 13.7. The van der Waals surface area contributed by atoms with E-state index in [9.17, 15) is 18.3 Å². The number of carbonyl (C=O) groups is 1. The number of carboxylic acid groups (broad SMARTS) is 1.